The fourth-order valence-corrected chi connectivity index (χ4v) is 1.36. The number of nitrogens with zero attached hydrogens (tertiary/aromatic N) is 1. The molecule has 0 unspecified atom stereocenters. The van der Waals surface area contributed by atoms with Crippen LogP contribution in [0.3, 0.4) is 0 Å². The molecule has 0 radical (unpaired) electrons. The first-order valence-corrected chi connectivity index (χ1v) is 4.31. The fraction of sp³-hybridized carbons (Fsp3) is 0.571. The molecule has 0 saturated carbocycles. The van der Waals surface area contributed by atoms with Gasteiger partial charge < -0.3 is 5.32 Å². The van der Waals surface area contributed by atoms with Gasteiger partial charge in [0.2, 0.25) is 0 Å². The van der Waals surface area contributed by atoms with Crippen LogP contribution in [0, 0.1) is 6.92 Å². The van der Waals surface area contributed by atoms with Gasteiger partial charge >= 0.3 is 0 Å². The molecule has 0 aromatic carbocycles. The number of aromatic nitrogens is 1. The molecule has 0 amide bonds. The summed E-state index contributed by atoms with van der Waals surface area (Å²) in [7, 11) is 0. The first-order valence-electron chi connectivity index (χ1n) is 3.49. The third-order valence-corrected chi connectivity index (χ3v) is 2.02. The Bertz CT molecular complexity index is 195. The third-order valence-electron chi connectivity index (χ3n) is 1.15. The van der Waals surface area contributed by atoms with E-state index >= 15 is 0 Å². The molecule has 1 N–H and O–H groups in total. The lowest BCUT2D eigenvalue weighted by Crippen LogP contribution is -1.97. The average molecular weight is 156 g/mol. The Morgan fingerprint density at radius 3 is 3.00 bits per heavy atom. The van der Waals surface area contributed by atoms with Crippen molar-refractivity contribution in [2.75, 3.05) is 11.9 Å². The lowest BCUT2D eigenvalue weighted by molar-refractivity contribution is 0.976. The number of nitrogens with one attached hydrogen (secondary N) is 1. The van der Waals surface area contributed by atoms with Gasteiger partial charge in [-0.15, -0.1) is 11.3 Å². The summed E-state index contributed by atoms with van der Waals surface area (Å²) >= 11 is 1.71. The largest absolute Gasteiger partial charge is 0.362 e. The van der Waals surface area contributed by atoms with Crippen molar-refractivity contribution in [2.24, 2.45) is 0 Å². The number of anilines is 1. The van der Waals surface area contributed by atoms with Crippen LogP contribution in [0.4, 0.5) is 5.13 Å². The molecule has 1 aromatic rings. The molecular weight excluding hydrogens is 144 g/mol. The van der Waals surface area contributed by atoms with E-state index in [4.69, 9.17) is 0 Å². The number of rotatable bonds is 3. The van der Waals surface area contributed by atoms with Crippen molar-refractivity contribution in [3.05, 3.63) is 11.1 Å². The maximum absolute atomic E-state index is 4.16. The summed E-state index contributed by atoms with van der Waals surface area (Å²) in [5.74, 6) is 0. The Morgan fingerprint density at radius 2 is 2.50 bits per heavy atom. The van der Waals surface area contributed by atoms with Crippen LogP contribution < -0.4 is 5.32 Å². The standard InChI is InChI=1S/C7H12N2S/c1-3-4-8-7-9-5-6(2)10-7/h5H,3-4H2,1-2H3,(H,8,9). The molecule has 0 aliphatic carbocycles. The topological polar surface area (TPSA) is 24.9 Å². The molecule has 0 saturated heterocycles. The Labute approximate surface area is 65.3 Å². The van der Waals surface area contributed by atoms with Crippen LogP contribution in [0.15, 0.2) is 6.20 Å². The van der Waals surface area contributed by atoms with Crippen LogP contribution in [0.25, 0.3) is 0 Å². The molecule has 10 heavy (non-hydrogen) atoms. The number of hydrogen-bond acceptors (Lipinski definition) is 3. The quantitative estimate of drug-likeness (QED) is 0.726. The van der Waals surface area contributed by atoms with E-state index in [1.165, 1.54) is 4.88 Å². The highest BCUT2D eigenvalue weighted by Gasteiger charge is 1.93. The minimum atomic E-state index is 1.02. The van der Waals surface area contributed by atoms with Crippen molar-refractivity contribution in [1.29, 1.82) is 0 Å². The number of thiazole rings is 1. The highest BCUT2D eigenvalue weighted by atomic mass is 32.1. The maximum atomic E-state index is 4.16. The number of aryl methyl sites for hydroxylation is 1. The average Bonchev–Trinajstić information content (AvgIpc) is 2.31. The van der Waals surface area contributed by atoms with Crippen molar-refractivity contribution < 1.29 is 0 Å². The van der Waals surface area contributed by atoms with Gasteiger partial charge in [0.15, 0.2) is 5.13 Å². The third kappa shape index (κ3) is 1.99. The summed E-state index contributed by atoms with van der Waals surface area (Å²) in [6.45, 7) is 5.23. The predicted molar refractivity (Wildman–Crippen MR) is 45.6 cm³/mol. The molecule has 0 fully saturated rings. The van der Waals surface area contributed by atoms with E-state index in [1.54, 1.807) is 11.3 Å². The second-order valence-corrected chi connectivity index (χ2v) is 3.44. The van der Waals surface area contributed by atoms with Crippen LogP contribution in [-0.4, -0.2) is 11.5 Å². The summed E-state index contributed by atoms with van der Waals surface area (Å²) in [6, 6.07) is 0. The van der Waals surface area contributed by atoms with Crippen LogP contribution in [0.1, 0.15) is 18.2 Å². The van der Waals surface area contributed by atoms with Gasteiger partial charge in [0.1, 0.15) is 0 Å². The normalized spacial score (nSPS) is 9.80. The van der Waals surface area contributed by atoms with E-state index in [9.17, 15) is 0 Å². The van der Waals surface area contributed by atoms with Crippen molar-refractivity contribution in [3.63, 3.8) is 0 Å². The molecule has 3 heteroatoms. The summed E-state index contributed by atoms with van der Waals surface area (Å²) in [4.78, 5) is 5.42. The maximum Gasteiger partial charge on any atom is 0.182 e. The van der Waals surface area contributed by atoms with Gasteiger partial charge in [0.05, 0.1) is 0 Å². The van der Waals surface area contributed by atoms with Crippen LogP contribution >= 0.6 is 11.3 Å². The van der Waals surface area contributed by atoms with Gasteiger partial charge in [-0.3, -0.25) is 0 Å². The molecule has 2 nitrogen and oxygen atoms in total. The molecule has 56 valence electrons. The van der Waals surface area contributed by atoms with Gasteiger partial charge in [-0.25, -0.2) is 4.98 Å². The summed E-state index contributed by atoms with van der Waals surface area (Å²) in [5, 5.41) is 4.26. The van der Waals surface area contributed by atoms with Gasteiger partial charge in [-0.1, -0.05) is 6.92 Å². The summed E-state index contributed by atoms with van der Waals surface area (Å²) in [6.07, 6.45) is 3.04. The minimum absolute atomic E-state index is 1.02. The lowest BCUT2D eigenvalue weighted by atomic mass is 10.5. The van der Waals surface area contributed by atoms with E-state index < -0.39 is 0 Å². The lowest BCUT2D eigenvalue weighted by Gasteiger charge is -1.95. The zero-order valence-corrected chi connectivity index (χ0v) is 7.16. The Balaban J connectivity index is 2.42. The smallest absolute Gasteiger partial charge is 0.182 e. The summed E-state index contributed by atoms with van der Waals surface area (Å²) in [5.41, 5.74) is 0. The first-order chi connectivity index (χ1) is 4.83. The van der Waals surface area contributed by atoms with E-state index in [0.717, 1.165) is 18.1 Å². The van der Waals surface area contributed by atoms with Crippen LogP contribution in [0.2, 0.25) is 0 Å². The van der Waals surface area contributed by atoms with Crippen molar-refractivity contribution >= 4 is 16.5 Å². The SMILES string of the molecule is CCCNc1ncc(C)s1. The highest BCUT2D eigenvalue weighted by molar-refractivity contribution is 7.15. The monoisotopic (exact) mass is 156 g/mol. The molecule has 1 rings (SSSR count). The second-order valence-electron chi connectivity index (χ2n) is 2.20. The van der Waals surface area contributed by atoms with Gasteiger partial charge in [0.25, 0.3) is 0 Å². The van der Waals surface area contributed by atoms with Crippen molar-refractivity contribution in [1.82, 2.24) is 4.98 Å². The van der Waals surface area contributed by atoms with Gasteiger partial charge in [-0.2, -0.15) is 0 Å². The van der Waals surface area contributed by atoms with E-state index in [2.05, 4.69) is 24.1 Å². The molecule has 0 bridgehead atoms. The second kappa shape index (κ2) is 3.56. The predicted octanol–water partition coefficient (Wildman–Crippen LogP) is 2.27. The Hall–Kier alpha value is -0.570. The van der Waals surface area contributed by atoms with Crippen LogP contribution in [-0.2, 0) is 0 Å². The van der Waals surface area contributed by atoms with E-state index in [0.29, 0.717) is 0 Å². The summed E-state index contributed by atoms with van der Waals surface area (Å²) < 4.78 is 0. The molecule has 1 aromatic heterocycles. The van der Waals surface area contributed by atoms with Crippen molar-refractivity contribution in [3.8, 4) is 0 Å². The fourth-order valence-electron chi connectivity index (χ4n) is 0.668. The Morgan fingerprint density at radius 1 is 1.70 bits per heavy atom. The zero-order chi connectivity index (χ0) is 7.40. The minimum Gasteiger partial charge on any atom is -0.362 e. The molecular formula is C7H12N2S. The van der Waals surface area contributed by atoms with Gasteiger partial charge in [0, 0.05) is 17.6 Å². The highest BCUT2D eigenvalue weighted by Crippen LogP contribution is 2.15. The molecule has 0 spiro atoms. The van der Waals surface area contributed by atoms with Gasteiger partial charge in [-0.05, 0) is 13.3 Å². The molecule has 0 atom stereocenters. The van der Waals surface area contributed by atoms with E-state index in [-0.39, 0.29) is 0 Å². The Kier molecular flexibility index (Phi) is 2.68. The van der Waals surface area contributed by atoms with E-state index in [1.807, 2.05) is 6.20 Å². The number of hydrogen-bond donors (Lipinski definition) is 1. The molecule has 1 heterocycles. The zero-order valence-electron chi connectivity index (χ0n) is 6.35. The van der Waals surface area contributed by atoms with Crippen molar-refractivity contribution in [2.45, 2.75) is 20.3 Å². The first kappa shape index (κ1) is 7.54. The molecule has 0 aliphatic heterocycles. The van der Waals surface area contributed by atoms with Crippen LogP contribution in [0.5, 0.6) is 0 Å². The molecule has 0 aliphatic rings.